The number of benzene rings is 2. The average Bonchev–Trinajstić information content (AvgIpc) is 3.21. The molecule has 4 rings (SSSR count). The normalized spacial score (nSPS) is 15.2. The summed E-state index contributed by atoms with van der Waals surface area (Å²) in [6.07, 6.45) is -0.867. The van der Waals surface area contributed by atoms with E-state index in [2.05, 4.69) is 10.00 Å². The summed E-state index contributed by atoms with van der Waals surface area (Å²) in [4.78, 5) is 2.37. The van der Waals surface area contributed by atoms with E-state index in [9.17, 15) is 13.2 Å². The second-order valence-corrected chi connectivity index (χ2v) is 7.96. The lowest BCUT2D eigenvalue weighted by Crippen LogP contribution is -2.33. The molecule has 31 heavy (non-hydrogen) atoms. The van der Waals surface area contributed by atoms with Crippen molar-refractivity contribution in [2.24, 2.45) is 0 Å². The summed E-state index contributed by atoms with van der Waals surface area (Å²) in [7, 11) is 0. The first-order chi connectivity index (χ1) is 14.9. The molecule has 2 heterocycles. The zero-order valence-electron chi connectivity index (χ0n) is 16.9. The van der Waals surface area contributed by atoms with Crippen LogP contribution in [0.1, 0.15) is 25.0 Å². The highest BCUT2D eigenvalue weighted by Gasteiger charge is 2.35. The van der Waals surface area contributed by atoms with E-state index in [1.807, 2.05) is 0 Å². The molecule has 0 amide bonds. The van der Waals surface area contributed by atoms with E-state index < -0.39 is 11.9 Å². The van der Waals surface area contributed by atoms with E-state index in [1.165, 1.54) is 23.9 Å². The highest BCUT2D eigenvalue weighted by atomic mass is 35.5. The largest absolute Gasteiger partial charge is 0.492 e. The van der Waals surface area contributed by atoms with Crippen molar-refractivity contribution in [3.05, 3.63) is 65.3 Å². The van der Waals surface area contributed by atoms with E-state index >= 15 is 0 Å². The SMILES string of the molecule is FC(F)(F)c1cc(-c2cccc(OCCN3CCCCC3)c2)n(-c2ccccc2Cl)n1. The van der Waals surface area contributed by atoms with Crippen LogP contribution in [-0.2, 0) is 6.18 Å². The molecule has 0 aliphatic carbocycles. The molecular weight excluding hydrogens is 427 g/mol. The minimum Gasteiger partial charge on any atom is -0.492 e. The molecule has 0 N–H and O–H groups in total. The molecule has 1 fully saturated rings. The van der Waals surface area contributed by atoms with Crippen molar-refractivity contribution in [1.82, 2.24) is 14.7 Å². The number of halogens is 4. The molecule has 1 saturated heterocycles. The highest BCUT2D eigenvalue weighted by Crippen LogP contribution is 2.35. The molecule has 3 aromatic rings. The van der Waals surface area contributed by atoms with Crippen molar-refractivity contribution < 1.29 is 17.9 Å². The van der Waals surface area contributed by atoms with Crippen LogP contribution in [0.15, 0.2) is 54.6 Å². The van der Waals surface area contributed by atoms with Crippen molar-refractivity contribution in [3.8, 4) is 22.7 Å². The van der Waals surface area contributed by atoms with Crippen LogP contribution in [0.2, 0.25) is 5.02 Å². The van der Waals surface area contributed by atoms with Gasteiger partial charge in [-0.15, -0.1) is 0 Å². The van der Waals surface area contributed by atoms with E-state index in [1.54, 1.807) is 48.5 Å². The Balaban J connectivity index is 1.60. The summed E-state index contributed by atoms with van der Waals surface area (Å²) in [5.41, 5.74) is 0.269. The number of aromatic nitrogens is 2. The fraction of sp³-hybridized carbons (Fsp3) is 0.348. The van der Waals surface area contributed by atoms with Crippen molar-refractivity contribution in [2.45, 2.75) is 25.4 Å². The zero-order valence-corrected chi connectivity index (χ0v) is 17.7. The number of rotatable bonds is 6. The minimum atomic E-state index is -4.57. The minimum absolute atomic E-state index is 0.293. The van der Waals surface area contributed by atoms with Gasteiger partial charge in [-0.05, 0) is 56.3 Å². The van der Waals surface area contributed by atoms with Crippen molar-refractivity contribution in [3.63, 3.8) is 0 Å². The molecule has 0 unspecified atom stereocenters. The maximum absolute atomic E-state index is 13.4. The number of likely N-dealkylation sites (tertiary alicyclic amines) is 1. The first-order valence-corrected chi connectivity index (χ1v) is 10.7. The van der Waals surface area contributed by atoms with Crippen molar-refractivity contribution in [1.29, 1.82) is 0 Å². The third-order valence-electron chi connectivity index (χ3n) is 5.34. The Morgan fingerprint density at radius 3 is 2.48 bits per heavy atom. The lowest BCUT2D eigenvalue weighted by molar-refractivity contribution is -0.141. The van der Waals surface area contributed by atoms with Crippen LogP contribution < -0.4 is 4.74 Å². The molecule has 4 nitrogen and oxygen atoms in total. The van der Waals surface area contributed by atoms with Crippen LogP contribution >= 0.6 is 11.6 Å². The quantitative estimate of drug-likeness (QED) is 0.457. The van der Waals surface area contributed by atoms with Crippen LogP contribution in [0.5, 0.6) is 5.75 Å². The molecule has 8 heteroatoms. The van der Waals surface area contributed by atoms with E-state index in [4.69, 9.17) is 16.3 Å². The summed E-state index contributed by atoms with van der Waals surface area (Å²) in [5.74, 6) is 0.606. The summed E-state index contributed by atoms with van der Waals surface area (Å²) < 4.78 is 47.3. The highest BCUT2D eigenvalue weighted by molar-refractivity contribution is 6.32. The Bertz CT molecular complexity index is 1030. The smallest absolute Gasteiger partial charge is 0.435 e. The van der Waals surface area contributed by atoms with Crippen LogP contribution in [0, 0.1) is 0 Å². The second kappa shape index (κ2) is 9.32. The first kappa shape index (κ1) is 21.7. The standard InChI is InChI=1S/C23H23ClF3N3O/c24-19-9-2-3-10-20(19)30-21(16-22(28-30)23(25,26)27)17-7-6-8-18(15-17)31-14-13-29-11-4-1-5-12-29/h2-3,6-10,15-16H,1,4-5,11-14H2. The summed E-state index contributed by atoms with van der Waals surface area (Å²) in [5, 5.41) is 4.12. The zero-order chi connectivity index (χ0) is 21.8. The fourth-order valence-electron chi connectivity index (χ4n) is 3.75. The monoisotopic (exact) mass is 449 g/mol. The molecule has 164 valence electrons. The maximum atomic E-state index is 13.4. The number of piperidine rings is 1. The predicted octanol–water partition coefficient (Wildman–Crippen LogP) is 6.08. The van der Waals surface area contributed by atoms with Gasteiger partial charge in [0, 0.05) is 12.1 Å². The molecule has 0 radical (unpaired) electrons. The number of para-hydroxylation sites is 1. The number of alkyl halides is 3. The van der Waals surface area contributed by atoms with Gasteiger partial charge in [0.05, 0.1) is 16.4 Å². The third kappa shape index (κ3) is 5.22. The lowest BCUT2D eigenvalue weighted by atomic mass is 10.1. The van der Waals surface area contributed by atoms with Gasteiger partial charge in [0.25, 0.3) is 0 Å². The van der Waals surface area contributed by atoms with Crippen molar-refractivity contribution in [2.75, 3.05) is 26.2 Å². The summed E-state index contributed by atoms with van der Waals surface area (Å²) in [6.45, 7) is 3.53. The second-order valence-electron chi connectivity index (χ2n) is 7.55. The van der Waals surface area contributed by atoms with E-state index in [-0.39, 0.29) is 0 Å². The van der Waals surface area contributed by atoms with Gasteiger partial charge in [-0.1, -0.05) is 42.3 Å². The molecule has 0 spiro atoms. The lowest BCUT2D eigenvalue weighted by Gasteiger charge is -2.26. The summed E-state index contributed by atoms with van der Waals surface area (Å²) >= 11 is 6.24. The Morgan fingerprint density at radius 1 is 0.968 bits per heavy atom. The molecule has 0 bridgehead atoms. The molecule has 1 aromatic heterocycles. The van der Waals surface area contributed by atoms with Gasteiger partial charge >= 0.3 is 6.18 Å². The van der Waals surface area contributed by atoms with Crippen LogP contribution in [0.25, 0.3) is 16.9 Å². The molecule has 2 aromatic carbocycles. The fourth-order valence-corrected chi connectivity index (χ4v) is 3.97. The molecule has 1 aliphatic heterocycles. The van der Waals surface area contributed by atoms with Crippen LogP contribution in [-0.4, -0.2) is 40.9 Å². The maximum Gasteiger partial charge on any atom is 0.435 e. The van der Waals surface area contributed by atoms with Crippen LogP contribution in [0.4, 0.5) is 13.2 Å². The molecule has 0 saturated carbocycles. The Morgan fingerprint density at radius 2 is 1.74 bits per heavy atom. The van der Waals surface area contributed by atoms with Crippen molar-refractivity contribution >= 4 is 11.6 Å². The van der Waals surface area contributed by atoms with Gasteiger partial charge in [0.15, 0.2) is 5.69 Å². The molecule has 0 atom stereocenters. The van der Waals surface area contributed by atoms with Crippen LogP contribution in [0.3, 0.4) is 0 Å². The van der Waals surface area contributed by atoms with Gasteiger partial charge in [-0.2, -0.15) is 18.3 Å². The Hall–Kier alpha value is -2.51. The molecular formula is C23H23ClF3N3O. The van der Waals surface area contributed by atoms with Gasteiger partial charge in [0.2, 0.25) is 0 Å². The van der Waals surface area contributed by atoms with E-state index in [0.717, 1.165) is 25.7 Å². The number of hydrogen-bond donors (Lipinski definition) is 0. The van der Waals surface area contributed by atoms with Gasteiger partial charge in [-0.25, -0.2) is 4.68 Å². The number of nitrogens with zero attached hydrogens (tertiary/aromatic N) is 3. The number of hydrogen-bond acceptors (Lipinski definition) is 3. The number of ether oxygens (including phenoxy) is 1. The van der Waals surface area contributed by atoms with Gasteiger partial charge < -0.3 is 4.74 Å². The van der Waals surface area contributed by atoms with Gasteiger partial charge in [-0.3, -0.25) is 4.90 Å². The first-order valence-electron chi connectivity index (χ1n) is 10.3. The van der Waals surface area contributed by atoms with Gasteiger partial charge in [0.1, 0.15) is 12.4 Å². The predicted molar refractivity (Wildman–Crippen MR) is 115 cm³/mol. The topological polar surface area (TPSA) is 30.3 Å². The Labute approximate surface area is 184 Å². The Kier molecular flexibility index (Phi) is 6.53. The average molecular weight is 450 g/mol. The molecule has 1 aliphatic rings. The summed E-state index contributed by atoms with van der Waals surface area (Å²) in [6, 6.07) is 14.8. The third-order valence-corrected chi connectivity index (χ3v) is 5.65. The van der Waals surface area contributed by atoms with E-state index in [0.29, 0.717) is 34.3 Å².